The second-order valence-electron chi connectivity index (χ2n) is 4.36. The summed E-state index contributed by atoms with van der Waals surface area (Å²) < 4.78 is 0. The lowest BCUT2D eigenvalue weighted by Gasteiger charge is -2.17. The largest absolute Gasteiger partial charge is 0.426 e. The maximum absolute atomic E-state index is 11.4. The molecule has 0 atom stereocenters. The monoisotopic (exact) mass is 343 g/mol. The van der Waals surface area contributed by atoms with Gasteiger partial charge in [-0.25, -0.2) is 0 Å². The van der Waals surface area contributed by atoms with E-state index in [0.29, 0.717) is 12.2 Å². The molecular weight excluding hydrogens is 328 g/mol. The Labute approximate surface area is 135 Å². The summed E-state index contributed by atoms with van der Waals surface area (Å²) in [5.74, 6) is 0.335. The molecule has 0 unspecified atom stereocenters. The molecule has 1 N–H and O–H groups in total. The molecule has 1 rings (SSSR count). The van der Waals surface area contributed by atoms with Crippen LogP contribution in [0.2, 0.25) is 0 Å². The normalized spacial score (nSPS) is 10.3. The zero-order valence-electron chi connectivity index (χ0n) is 12.5. The van der Waals surface area contributed by atoms with Gasteiger partial charge < -0.3 is 5.32 Å². The number of anilines is 1. The lowest BCUT2D eigenvalue weighted by molar-refractivity contribution is -0.406. The highest BCUT2D eigenvalue weighted by molar-refractivity contribution is 7.99. The summed E-state index contributed by atoms with van der Waals surface area (Å²) in [6, 6.07) is 2.10. The van der Waals surface area contributed by atoms with Crippen molar-refractivity contribution < 1.29 is 14.8 Å². The Hall–Kier alpha value is -2.43. The number of thioether (sulfide) groups is 1. The van der Waals surface area contributed by atoms with E-state index in [-0.39, 0.29) is 17.1 Å². The zero-order chi connectivity index (χ0) is 17.6. The first-order valence-corrected chi connectivity index (χ1v) is 7.76. The van der Waals surface area contributed by atoms with E-state index in [4.69, 9.17) is 0 Å². The summed E-state index contributed by atoms with van der Waals surface area (Å²) >= 11 is 0.882. The molecule has 10 nitrogen and oxygen atoms in total. The quantitative estimate of drug-likeness (QED) is 0.236. The number of benzene rings is 1. The molecule has 0 aliphatic heterocycles. The molecule has 0 amide bonds. The Kier molecular flexibility index (Phi) is 6.69. The van der Waals surface area contributed by atoms with Crippen molar-refractivity contribution in [2.45, 2.75) is 31.6 Å². The molecule has 0 aliphatic rings. The molecule has 11 heteroatoms. The van der Waals surface area contributed by atoms with E-state index in [1.54, 1.807) is 6.92 Å². The molecule has 0 fully saturated rings. The molecular formula is C12H15N4O6S-. The van der Waals surface area contributed by atoms with Crippen LogP contribution in [0.25, 0.3) is 0 Å². The number of unbranched alkanes of at least 4 members (excludes halogenated alkanes) is 1. The van der Waals surface area contributed by atoms with Gasteiger partial charge in [0.15, 0.2) is 11.4 Å². The van der Waals surface area contributed by atoms with Gasteiger partial charge in [0.2, 0.25) is 5.69 Å². The molecule has 0 radical (unpaired) electrons. The molecule has 126 valence electrons. The number of nitrogens with zero attached hydrogens (tertiary/aromatic N) is 3. The Morgan fingerprint density at radius 1 is 1.04 bits per heavy atom. The number of hydrogen-bond donors (Lipinski definition) is 1. The highest BCUT2D eigenvalue weighted by Gasteiger charge is 2.27. The van der Waals surface area contributed by atoms with Gasteiger partial charge in [-0.3, -0.25) is 30.3 Å². The number of hydrogen-bond acceptors (Lipinski definition) is 8. The number of rotatable bonds is 9. The second kappa shape index (κ2) is 8.27. The summed E-state index contributed by atoms with van der Waals surface area (Å²) in [7, 11) is 0. The van der Waals surface area contributed by atoms with Crippen LogP contribution in [0, 0.1) is 36.4 Å². The summed E-state index contributed by atoms with van der Waals surface area (Å²) in [4.78, 5) is 30.8. The van der Waals surface area contributed by atoms with Crippen molar-refractivity contribution in [3.05, 3.63) is 36.4 Å². The third kappa shape index (κ3) is 4.28. The van der Waals surface area contributed by atoms with Gasteiger partial charge in [-0.15, -0.1) is 0 Å². The Morgan fingerprint density at radius 2 is 1.65 bits per heavy atom. The van der Waals surface area contributed by atoms with E-state index in [2.05, 4.69) is 11.4 Å². The zero-order valence-corrected chi connectivity index (χ0v) is 13.3. The smallest absolute Gasteiger partial charge is 0.214 e. The predicted molar refractivity (Wildman–Crippen MR) is 85.0 cm³/mol. The third-order valence-corrected chi connectivity index (χ3v) is 3.77. The van der Waals surface area contributed by atoms with Crippen molar-refractivity contribution in [3.63, 3.8) is 0 Å². The van der Waals surface area contributed by atoms with Crippen LogP contribution in [0.1, 0.15) is 26.7 Å². The lowest BCUT2D eigenvalue weighted by atomic mass is 10.2. The van der Waals surface area contributed by atoms with Gasteiger partial charge in [-0.2, -0.15) is 11.8 Å². The van der Waals surface area contributed by atoms with E-state index in [1.807, 2.05) is 6.92 Å². The van der Waals surface area contributed by atoms with Crippen LogP contribution in [0.5, 0.6) is 0 Å². The van der Waals surface area contributed by atoms with Gasteiger partial charge in [-0.05, 0) is 18.2 Å². The maximum atomic E-state index is 11.4. The molecule has 0 spiro atoms. The van der Waals surface area contributed by atoms with Crippen molar-refractivity contribution >= 4 is 34.5 Å². The van der Waals surface area contributed by atoms with E-state index < -0.39 is 31.8 Å². The first kappa shape index (κ1) is 18.6. The summed E-state index contributed by atoms with van der Waals surface area (Å²) in [6.07, 6.45) is 1.42. The first-order chi connectivity index (χ1) is 10.8. The highest BCUT2D eigenvalue weighted by Crippen LogP contribution is 2.46. The molecule has 0 saturated carbocycles. The predicted octanol–water partition coefficient (Wildman–Crippen LogP) is 3.54. The van der Waals surface area contributed by atoms with Gasteiger partial charge >= 0.3 is 0 Å². The summed E-state index contributed by atoms with van der Waals surface area (Å²) in [5.41, 5.74) is -2.53. The van der Waals surface area contributed by atoms with Crippen LogP contribution in [-0.2, 0) is 0 Å². The highest BCUT2D eigenvalue weighted by atomic mass is 32.2. The van der Waals surface area contributed by atoms with Gasteiger partial charge in [0, 0.05) is 21.3 Å². The van der Waals surface area contributed by atoms with E-state index in [9.17, 15) is 30.3 Å². The molecule has 1 aromatic carbocycles. The van der Waals surface area contributed by atoms with Crippen LogP contribution in [0.4, 0.5) is 22.7 Å². The van der Waals surface area contributed by atoms with Crippen molar-refractivity contribution in [1.82, 2.24) is 0 Å². The fourth-order valence-electron chi connectivity index (χ4n) is 1.85. The standard InChI is InChI=1S/C12H15N4O6S/c1-3-5-6-13-10-8(14(17)18)7-9(15(19)20)12(23-4-2)11(10)16(21)22/h13H,3-6H2,1-2H3/q-1. The van der Waals surface area contributed by atoms with Gasteiger partial charge in [0.25, 0.3) is 0 Å². The molecule has 1 aromatic rings. The minimum absolute atomic E-state index is 0.230. The average molecular weight is 343 g/mol. The Morgan fingerprint density at radius 3 is 2.09 bits per heavy atom. The summed E-state index contributed by atoms with van der Waals surface area (Å²) in [6.45, 7) is 3.84. The SMILES string of the molecule is CCCCNc1c([N+](=O)[O-])[c-]c([N+](=O)[O-])c(SCC)c1[N+](=O)[O-]. The maximum Gasteiger partial charge on any atom is 0.214 e. The van der Waals surface area contributed by atoms with E-state index >= 15 is 0 Å². The molecule has 0 saturated heterocycles. The minimum Gasteiger partial charge on any atom is -0.426 e. The number of nitrogens with one attached hydrogen (secondary N) is 1. The van der Waals surface area contributed by atoms with Crippen LogP contribution in [0.3, 0.4) is 0 Å². The number of nitro benzene ring substituents is 3. The van der Waals surface area contributed by atoms with Crippen molar-refractivity contribution in [2.24, 2.45) is 0 Å². The lowest BCUT2D eigenvalue weighted by Crippen LogP contribution is -2.09. The average Bonchev–Trinajstić information content (AvgIpc) is 2.46. The van der Waals surface area contributed by atoms with Crippen molar-refractivity contribution in [2.75, 3.05) is 17.6 Å². The third-order valence-electron chi connectivity index (χ3n) is 2.81. The van der Waals surface area contributed by atoms with E-state index in [0.717, 1.165) is 18.2 Å². The first-order valence-electron chi connectivity index (χ1n) is 6.78. The Balaban J connectivity index is 3.67. The molecule has 23 heavy (non-hydrogen) atoms. The van der Waals surface area contributed by atoms with Crippen LogP contribution >= 0.6 is 11.8 Å². The fourth-order valence-corrected chi connectivity index (χ4v) is 2.71. The summed E-state index contributed by atoms with van der Waals surface area (Å²) in [5, 5.41) is 36.3. The number of nitro groups is 3. The van der Waals surface area contributed by atoms with Crippen LogP contribution in [-0.4, -0.2) is 27.1 Å². The Bertz CT molecular complexity index is 636. The van der Waals surface area contributed by atoms with Gasteiger partial charge in [-0.1, -0.05) is 20.3 Å². The topological polar surface area (TPSA) is 141 Å². The van der Waals surface area contributed by atoms with Gasteiger partial charge in [0.05, 0.1) is 10.6 Å². The van der Waals surface area contributed by atoms with Crippen molar-refractivity contribution in [3.8, 4) is 0 Å². The fraction of sp³-hybridized carbons (Fsp3) is 0.500. The minimum atomic E-state index is -0.908. The van der Waals surface area contributed by atoms with Crippen LogP contribution < -0.4 is 5.32 Å². The van der Waals surface area contributed by atoms with Gasteiger partial charge in [0.1, 0.15) is 0 Å². The molecule has 0 heterocycles. The molecule has 0 bridgehead atoms. The van der Waals surface area contributed by atoms with Crippen LogP contribution in [0.15, 0.2) is 4.90 Å². The second-order valence-corrected chi connectivity index (χ2v) is 5.63. The van der Waals surface area contributed by atoms with E-state index in [1.165, 1.54) is 0 Å². The molecule has 0 aromatic heterocycles. The molecule has 0 aliphatic carbocycles. The van der Waals surface area contributed by atoms with Crippen molar-refractivity contribution in [1.29, 1.82) is 0 Å².